The zero-order valence-electron chi connectivity index (χ0n) is 19.5. The summed E-state index contributed by atoms with van der Waals surface area (Å²) in [5, 5.41) is 1.58. The van der Waals surface area contributed by atoms with E-state index >= 15 is 0 Å². The molecule has 0 saturated carbocycles. The van der Waals surface area contributed by atoms with Crippen LogP contribution >= 0.6 is 58.8 Å². The molecule has 3 aromatic carbocycles. The van der Waals surface area contributed by atoms with Crippen molar-refractivity contribution in [2.75, 3.05) is 13.1 Å². The minimum Gasteiger partial charge on any atom is -0.332 e. The van der Waals surface area contributed by atoms with Crippen LogP contribution in [0.4, 0.5) is 0 Å². The minimum atomic E-state index is -0.752. The number of carbonyl (C=O) groups is 2. The highest BCUT2D eigenvalue weighted by atomic mass is 35.5. The maximum atomic E-state index is 13.4. The van der Waals surface area contributed by atoms with Gasteiger partial charge in [-0.05, 0) is 59.5 Å². The van der Waals surface area contributed by atoms with Gasteiger partial charge in [-0.3, -0.25) is 9.59 Å². The Balaban J connectivity index is 0.00000380. The number of likely N-dealkylation sites (tertiary alicyclic amines) is 1. The summed E-state index contributed by atoms with van der Waals surface area (Å²) >= 11 is 24.4. The smallest absolute Gasteiger partial charge is 0.240 e. The van der Waals surface area contributed by atoms with Crippen LogP contribution in [0.2, 0.25) is 20.1 Å². The van der Waals surface area contributed by atoms with E-state index in [1.807, 2.05) is 30.3 Å². The molecular weight excluding hydrogens is 574 g/mol. The number of nitrogens with zero attached hydrogens (tertiary/aromatic N) is 1. The molecule has 1 aliphatic heterocycles. The summed E-state index contributed by atoms with van der Waals surface area (Å²) in [6.07, 6.45) is 3.83. The van der Waals surface area contributed by atoms with Gasteiger partial charge >= 0.3 is 0 Å². The molecule has 3 aromatic rings. The van der Waals surface area contributed by atoms with Crippen LogP contribution in [-0.2, 0) is 16.0 Å². The first-order valence-corrected chi connectivity index (χ1v) is 12.7. The van der Waals surface area contributed by atoms with Gasteiger partial charge in [-0.2, -0.15) is 0 Å². The summed E-state index contributed by atoms with van der Waals surface area (Å²) in [7, 11) is 0. The third-order valence-electron chi connectivity index (χ3n) is 5.80. The highest BCUT2D eigenvalue weighted by molar-refractivity contribution is 6.42. The number of piperidine rings is 1. The quantitative estimate of drug-likeness (QED) is 0.318. The lowest BCUT2D eigenvalue weighted by molar-refractivity contribution is -0.132. The van der Waals surface area contributed by atoms with Crippen molar-refractivity contribution in [1.82, 2.24) is 4.90 Å². The van der Waals surface area contributed by atoms with Gasteiger partial charge in [-0.1, -0.05) is 88.9 Å². The lowest BCUT2D eigenvalue weighted by Crippen LogP contribution is -2.49. The number of carbonyl (C=O) groups excluding carboxylic acids is 2. The van der Waals surface area contributed by atoms with Crippen LogP contribution in [0.1, 0.15) is 16.7 Å². The average molecular weight is 597 g/mol. The summed E-state index contributed by atoms with van der Waals surface area (Å²) in [5.41, 5.74) is 9.54. The van der Waals surface area contributed by atoms with E-state index in [9.17, 15) is 9.59 Å². The minimum absolute atomic E-state index is 0. The fraction of sp³-hybridized carbons (Fsp3) is 0.143. The van der Waals surface area contributed by atoms with E-state index in [2.05, 4.69) is 0 Å². The van der Waals surface area contributed by atoms with Crippen LogP contribution in [0.15, 0.2) is 77.9 Å². The van der Waals surface area contributed by atoms with Gasteiger partial charge in [0, 0.05) is 24.2 Å². The van der Waals surface area contributed by atoms with Crippen LogP contribution < -0.4 is 5.73 Å². The van der Waals surface area contributed by atoms with Gasteiger partial charge in [-0.25, -0.2) is 0 Å². The second-order valence-electron chi connectivity index (χ2n) is 8.51. The average Bonchev–Trinajstić information content (AvgIpc) is 2.86. The Morgan fingerprint density at radius 3 is 1.76 bits per heavy atom. The Bertz CT molecular complexity index is 1300. The normalized spacial score (nSPS) is 16.6. The van der Waals surface area contributed by atoms with Gasteiger partial charge in [0.05, 0.1) is 26.1 Å². The van der Waals surface area contributed by atoms with Gasteiger partial charge in [0.2, 0.25) is 5.91 Å². The van der Waals surface area contributed by atoms with Gasteiger partial charge < -0.3 is 10.6 Å². The van der Waals surface area contributed by atoms with Crippen molar-refractivity contribution in [3.8, 4) is 0 Å². The monoisotopic (exact) mass is 594 g/mol. The number of benzene rings is 3. The molecule has 4 rings (SSSR count). The molecule has 0 aromatic heterocycles. The van der Waals surface area contributed by atoms with E-state index < -0.39 is 6.04 Å². The van der Waals surface area contributed by atoms with Gasteiger partial charge in [0.15, 0.2) is 5.78 Å². The number of Topliss-reactive ketones (excluding diaryl/α,β-unsaturated/α-hetero) is 1. The highest BCUT2D eigenvalue weighted by Gasteiger charge is 2.31. The first kappa shape index (κ1) is 29.2. The number of halogens is 5. The molecule has 1 amide bonds. The number of hydrogen-bond acceptors (Lipinski definition) is 3. The third kappa shape index (κ3) is 7.38. The Hall–Kier alpha value is -2.31. The van der Waals surface area contributed by atoms with Crippen molar-refractivity contribution in [2.24, 2.45) is 5.73 Å². The molecule has 0 aliphatic carbocycles. The molecule has 1 fully saturated rings. The van der Waals surface area contributed by atoms with E-state index in [1.165, 1.54) is 0 Å². The van der Waals surface area contributed by atoms with E-state index in [4.69, 9.17) is 52.1 Å². The molecule has 1 aliphatic rings. The SMILES string of the molecule is Cl.N[C@@H](Cc1ccccc1)C(=O)N1C/C(=C/c2ccc(Cl)c(Cl)c2)C(=O)/C(=C/c2ccc(Cl)c(Cl)c2)C1. The predicted octanol–water partition coefficient (Wildman–Crippen LogP) is 7.17. The largest absolute Gasteiger partial charge is 0.332 e. The maximum Gasteiger partial charge on any atom is 0.240 e. The molecule has 1 atom stereocenters. The van der Waals surface area contributed by atoms with Crippen LogP contribution in [0, 0.1) is 0 Å². The molecule has 0 bridgehead atoms. The number of ketones is 1. The fourth-order valence-corrected chi connectivity index (χ4v) is 4.60. The Kier molecular flexibility index (Phi) is 10.3. The molecule has 0 unspecified atom stereocenters. The summed E-state index contributed by atoms with van der Waals surface area (Å²) < 4.78 is 0. The van der Waals surface area contributed by atoms with Gasteiger partial charge in [-0.15, -0.1) is 12.4 Å². The van der Waals surface area contributed by atoms with Crippen LogP contribution in [0.5, 0.6) is 0 Å². The fourth-order valence-electron chi connectivity index (χ4n) is 3.99. The first-order chi connectivity index (χ1) is 17.2. The van der Waals surface area contributed by atoms with Crippen molar-refractivity contribution < 1.29 is 9.59 Å². The lowest BCUT2D eigenvalue weighted by atomic mass is 9.93. The molecule has 192 valence electrons. The molecule has 4 nitrogen and oxygen atoms in total. The lowest BCUT2D eigenvalue weighted by Gasteiger charge is -2.32. The predicted molar refractivity (Wildman–Crippen MR) is 156 cm³/mol. The van der Waals surface area contributed by atoms with Crippen molar-refractivity contribution in [3.63, 3.8) is 0 Å². The molecule has 1 saturated heterocycles. The third-order valence-corrected chi connectivity index (χ3v) is 7.28. The van der Waals surface area contributed by atoms with Crippen LogP contribution in [-0.4, -0.2) is 35.7 Å². The molecule has 0 spiro atoms. The van der Waals surface area contributed by atoms with E-state index in [-0.39, 0.29) is 37.2 Å². The Morgan fingerprint density at radius 2 is 1.30 bits per heavy atom. The number of amides is 1. The first-order valence-electron chi connectivity index (χ1n) is 11.2. The summed E-state index contributed by atoms with van der Waals surface area (Å²) in [5.74, 6) is -0.417. The number of rotatable bonds is 5. The topological polar surface area (TPSA) is 63.4 Å². The zero-order chi connectivity index (χ0) is 25.8. The molecule has 2 N–H and O–H groups in total. The molecule has 9 heteroatoms. The Labute approximate surface area is 242 Å². The summed E-state index contributed by atoms with van der Waals surface area (Å²) in [6, 6.07) is 19.0. The van der Waals surface area contributed by atoms with E-state index in [0.29, 0.717) is 48.8 Å². The highest BCUT2D eigenvalue weighted by Crippen LogP contribution is 2.28. The number of hydrogen-bond donors (Lipinski definition) is 1. The zero-order valence-corrected chi connectivity index (χ0v) is 23.3. The molecule has 37 heavy (non-hydrogen) atoms. The van der Waals surface area contributed by atoms with Crippen LogP contribution in [0.25, 0.3) is 12.2 Å². The molecule has 0 radical (unpaired) electrons. The molecule has 1 heterocycles. The van der Waals surface area contributed by atoms with E-state index in [1.54, 1.807) is 53.5 Å². The van der Waals surface area contributed by atoms with Crippen molar-refractivity contribution >= 4 is 82.7 Å². The van der Waals surface area contributed by atoms with Gasteiger partial charge in [0.25, 0.3) is 0 Å². The summed E-state index contributed by atoms with van der Waals surface area (Å²) in [6.45, 7) is 0.248. The van der Waals surface area contributed by atoms with Crippen molar-refractivity contribution in [3.05, 3.63) is 115 Å². The van der Waals surface area contributed by atoms with E-state index in [0.717, 1.165) is 5.56 Å². The standard InChI is InChI=1S/C28H22Cl4N2O2.ClH/c29-22-8-6-18(12-24(22)31)10-20-15-34(28(36)26(33)14-17-4-2-1-3-5-17)16-21(27(20)35)11-19-7-9-23(30)25(32)13-19;/h1-13,26H,14-16,33H2;1H/b20-10-,21-11+;/t26-;/m0./s1. The second-order valence-corrected chi connectivity index (χ2v) is 10.1. The van der Waals surface area contributed by atoms with Gasteiger partial charge in [0.1, 0.15) is 0 Å². The second kappa shape index (κ2) is 13.0. The Morgan fingerprint density at radius 1 is 0.811 bits per heavy atom. The van der Waals surface area contributed by atoms with Crippen molar-refractivity contribution in [2.45, 2.75) is 12.5 Å². The number of nitrogens with two attached hydrogens (primary N) is 1. The van der Waals surface area contributed by atoms with Crippen molar-refractivity contribution in [1.29, 1.82) is 0 Å². The van der Waals surface area contributed by atoms with Crippen LogP contribution in [0.3, 0.4) is 0 Å². The maximum absolute atomic E-state index is 13.4. The molecular formula is C28H23Cl5N2O2. The summed E-state index contributed by atoms with van der Waals surface area (Å²) in [4.78, 5) is 28.4.